The summed E-state index contributed by atoms with van der Waals surface area (Å²) in [6.45, 7) is 2.75. The molecule has 0 saturated carbocycles. The Hall–Kier alpha value is -1.74. The smallest absolute Gasteiger partial charge is 0.234 e. The first-order chi connectivity index (χ1) is 11.7. The van der Waals surface area contributed by atoms with Crippen LogP contribution in [0.5, 0.6) is 0 Å². The minimum Gasteiger partial charge on any atom is -0.393 e. The van der Waals surface area contributed by atoms with Gasteiger partial charge in [0, 0.05) is 24.5 Å². The molecule has 1 amide bonds. The van der Waals surface area contributed by atoms with E-state index in [2.05, 4.69) is 15.3 Å². The first-order valence-electron chi connectivity index (χ1n) is 8.02. The SMILES string of the molecule is O=C(CN1CCCn2nc(C(O)CO)cc2C1)NCc1cccs1. The fourth-order valence-corrected chi connectivity index (χ4v) is 3.44. The van der Waals surface area contributed by atoms with Gasteiger partial charge in [-0.25, -0.2) is 0 Å². The summed E-state index contributed by atoms with van der Waals surface area (Å²) in [6.07, 6.45) is -0.0615. The number of aryl methyl sites for hydroxylation is 1. The van der Waals surface area contributed by atoms with Crippen LogP contribution < -0.4 is 5.32 Å². The molecule has 8 heteroatoms. The molecule has 0 aromatic carbocycles. The molecule has 3 rings (SSSR count). The van der Waals surface area contributed by atoms with Crippen LogP contribution in [-0.2, 0) is 24.4 Å². The van der Waals surface area contributed by atoms with Crippen LogP contribution in [0, 0.1) is 0 Å². The predicted octanol–water partition coefficient (Wildman–Crippen LogP) is 0.492. The maximum atomic E-state index is 12.1. The first kappa shape index (κ1) is 17.1. The molecule has 0 spiro atoms. The van der Waals surface area contributed by atoms with Crippen molar-refractivity contribution in [2.45, 2.75) is 32.2 Å². The Labute approximate surface area is 144 Å². The van der Waals surface area contributed by atoms with Crippen molar-refractivity contribution in [2.75, 3.05) is 19.7 Å². The predicted molar refractivity (Wildman–Crippen MR) is 90.3 cm³/mol. The molecule has 2 aromatic heterocycles. The molecule has 7 nitrogen and oxygen atoms in total. The van der Waals surface area contributed by atoms with E-state index in [1.807, 2.05) is 28.3 Å². The standard InChI is InChI=1S/C16H22N4O3S/c21-11-15(22)14-7-12-9-19(4-2-5-20(12)18-14)10-16(23)17-8-13-3-1-6-24-13/h1,3,6-7,15,21-22H,2,4-5,8-11H2,(H,17,23). The van der Waals surface area contributed by atoms with Gasteiger partial charge in [0.2, 0.25) is 5.91 Å². The molecule has 3 N–H and O–H groups in total. The fourth-order valence-electron chi connectivity index (χ4n) is 2.80. The highest BCUT2D eigenvalue weighted by molar-refractivity contribution is 7.09. The van der Waals surface area contributed by atoms with E-state index in [0.29, 0.717) is 25.3 Å². The summed E-state index contributed by atoms with van der Waals surface area (Å²) in [6, 6.07) is 5.78. The van der Waals surface area contributed by atoms with Crippen molar-refractivity contribution in [2.24, 2.45) is 0 Å². The summed E-state index contributed by atoms with van der Waals surface area (Å²) in [7, 11) is 0. The lowest BCUT2D eigenvalue weighted by atomic mass is 10.2. The van der Waals surface area contributed by atoms with Gasteiger partial charge in [-0.3, -0.25) is 14.4 Å². The van der Waals surface area contributed by atoms with Gasteiger partial charge in [0.25, 0.3) is 0 Å². The van der Waals surface area contributed by atoms with Gasteiger partial charge < -0.3 is 15.5 Å². The number of thiophene rings is 1. The van der Waals surface area contributed by atoms with E-state index in [1.165, 1.54) is 0 Å². The van der Waals surface area contributed by atoms with Crippen molar-refractivity contribution in [3.63, 3.8) is 0 Å². The van der Waals surface area contributed by atoms with Gasteiger partial charge >= 0.3 is 0 Å². The molecule has 1 aliphatic heterocycles. The van der Waals surface area contributed by atoms with Crippen LogP contribution in [0.3, 0.4) is 0 Å². The van der Waals surface area contributed by atoms with Crippen molar-refractivity contribution in [1.29, 1.82) is 0 Å². The van der Waals surface area contributed by atoms with Crippen LogP contribution in [0.1, 0.15) is 28.8 Å². The summed E-state index contributed by atoms with van der Waals surface area (Å²) < 4.78 is 1.86. The van der Waals surface area contributed by atoms with E-state index in [1.54, 1.807) is 11.3 Å². The van der Waals surface area contributed by atoms with Gasteiger partial charge in [-0.15, -0.1) is 11.3 Å². The van der Waals surface area contributed by atoms with Crippen molar-refractivity contribution >= 4 is 17.2 Å². The number of fused-ring (bicyclic) bond motifs is 1. The van der Waals surface area contributed by atoms with Gasteiger partial charge in [-0.05, 0) is 23.9 Å². The summed E-state index contributed by atoms with van der Waals surface area (Å²) in [5.74, 6) is 0.00646. The monoisotopic (exact) mass is 350 g/mol. The normalized spacial score (nSPS) is 16.4. The average Bonchev–Trinajstić information content (AvgIpc) is 3.19. The lowest BCUT2D eigenvalue weighted by Gasteiger charge is -2.18. The van der Waals surface area contributed by atoms with E-state index in [-0.39, 0.29) is 12.5 Å². The largest absolute Gasteiger partial charge is 0.393 e. The Kier molecular flexibility index (Phi) is 5.62. The Balaban J connectivity index is 1.56. The number of carbonyl (C=O) groups excluding carboxylic acids is 1. The number of hydrogen-bond donors (Lipinski definition) is 3. The Bertz CT molecular complexity index is 671. The Morgan fingerprint density at radius 2 is 2.33 bits per heavy atom. The number of amides is 1. The minimum atomic E-state index is -0.952. The van der Waals surface area contributed by atoms with E-state index in [0.717, 1.165) is 30.1 Å². The molecule has 0 radical (unpaired) electrons. The molecule has 0 fully saturated rings. The molecule has 0 aliphatic carbocycles. The molecule has 1 unspecified atom stereocenters. The lowest BCUT2D eigenvalue weighted by molar-refractivity contribution is -0.122. The Morgan fingerprint density at radius 1 is 1.46 bits per heavy atom. The fraction of sp³-hybridized carbons (Fsp3) is 0.500. The van der Waals surface area contributed by atoms with Crippen molar-refractivity contribution < 1.29 is 15.0 Å². The maximum Gasteiger partial charge on any atom is 0.234 e. The van der Waals surface area contributed by atoms with E-state index >= 15 is 0 Å². The molecule has 0 saturated heterocycles. The second kappa shape index (κ2) is 7.89. The van der Waals surface area contributed by atoms with Gasteiger partial charge in [0.15, 0.2) is 0 Å². The maximum absolute atomic E-state index is 12.1. The lowest BCUT2D eigenvalue weighted by Crippen LogP contribution is -2.36. The van der Waals surface area contributed by atoms with Gasteiger partial charge in [-0.2, -0.15) is 5.10 Å². The molecule has 130 valence electrons. The highest BCUT2D eigenvalue weighted by Gasteiger charge is 2.20. The van der Waals surface area contributed by atoms with E-state index < -0.39 is 6.10 Å². The summed E-state index contributed by atoms with van der Waals surface area (Å²) >= 11 is 1.63. The third-order valence-corrected chi connectivity index (χ3v) is 4.91. The first-order valence-corrected chi connectivity index (χ1v) is 8.90. The molecule has 1 aliphatic rings. The second-order valence-electron chi connectivity index (χ2n) is 5.90. The van der Waals surface area contributed by atoms with Crippen LogP contribution in [0.4, 0.5) is 0 Å². The van der Waals surface area contributed by atoms with E-state index in [4.69, 9.17) is 5.11 Å². The number of hydrogen-bond acceptors (Lipinski definition) is 6. The number of nitrogens with zero attached hydrogens (tertiary/aromatic N) is 3. The molecule has 1 atom stereocenters. The van der Waals surface area contributed by atoms with Gasteiger partial charge in [0.1, 0.15) is 6.10 Å². The van der Waals surface area contributed by atoms with Crippen LogP contribution in [0.15, 0.2) is 23.6 Å². The van der Waals surface area contributed by atoms with E-state index in [9.17, 15) is 9.90 Å². The van der Waals surface area contributed by atoms with Crippen LogP contribution in [0.2, 0.25) is 0 Å². The number of aliphatic hydroxyl groups excluding tert-OH is 2. The van der Waals surface area contributed by atoms with Gasteiger partial charge in [-0.1, -0.05) is 6.07 Å². The molecule has 0 bridgehead atoms. The second-order valence-corrected chi connectivity index (χ2v) is 6.93. The third-order valence-electron chi connectivity index (χ3n) is 4.03. The number of aromatic nitrogens is 2. The quantitative estimate of drug-likeness (QED) is 0.705. The van der Waals surface area contributed by atoms with Crippen molar-refractivity contribution in [3.8, 4) is 0 Å². The van der Waals surface area contributed by atoms with Gasteiger partial charge in [0.05, 0.1) is 31.1 Å². The zero-order valence-electron chi connectivity index (χ0n) is 13.4. The molecule has 24 heavy (non-hydrogen) atoms. The highest BCUT2D eigenvalue weighted by atomic mass is 32.1. The minimum absolute atomic E-state index is 0.00646. The van der Waals surface area contributed by atoms with Crippen LogP contribution in [0.25, 0.3) is 0 Å². The highest BCUT2D eigenvalue weighted by Crippen LogP contribution is 2.17. The molecular formula is C16H22N4O3S. The number of aliphatic hydroxyl groups is 2. The molecule has 2 aromatic rings. The third kappa shape index (κ3) is 4.21. The average molecular weight is 350 g/mol. The zero-order chi connectivity index (χ0) is 16.9. The Morgan fingerprint density at radius 3 is 3.08 bits per heavy atom. The topological polar surface area (TPSA) is 90.6 Å². The van der Waals surface area contributed by atoms with Crippen molar-refractivity contribution in [3.05, 3.63) is 39.8 Å². The van der Waals surface area contributed by atoms with Crippen LogP contribution in [-0.4, -0.2) is 50.5 Å². The van der Waals surface area contributed by atoms with Crippen LogP contribution >= 0.6 is 11.3 Å². The summed E-state index contributed by atoms with van der Waals surface area (Å²) in [5, 5.41) is 28.1. The summed E-state index contributed by atoms with van der Waals surface area (Å²) in [5.41, 5.74) is 1.44. The summed E-state index contributed by atoms with van der Waals surface area (Å²) in [4.78, 5) is 15.4. The number of carbonyl (C=O) groups is 1. The van der Waals surface area contributed by atoms with Crippen molar-refractivity contribution in [1.82, 2.24) is 20.0 Å². The number of rotatable bonds is 6. The molecule has 3 heterocycles. The number of nitrogens with one attached hydrogen (secondary N) is 1. The zero-order valence-corrected chi connectivity index (χ0v) is 14.2. The molecular weight excluding hydrogens is 328 g/mol.